The second-order valence-corrected chi connectivity index (χ2v) is 4.49. The molecular formula is C16H15NO4. The second kappa shape index (κ2) is 6.56. The van der Waals surface area contributed by atoms with Gasteiger partial charge < -0.3 is 14.8 Å². The minimum atomic E-state index is -0.984. The topological polar surface area (TPSA) is 79.5 Å². The molecule has 1 heterocycles. The summed E-state index contributed by atoms with van der Waals surface area (Å²) in [5.41, 5.74) is 2.24. The number of aliphatic carboxylic acids is 1. The average Bonchev–Trinajstić information content (AvgIpc) is 2.90. The van der Waals surface area contributed by atoms with Gasteiger partial charge in [0.15, 0.2) is 0 Å². The number of amides is 1. The van der Waals surface area contributed by atoms with Crippen molar-refractivity contribution in [3.05, 3.63) is 65.1 Å². The normalized spacial score (nSPS) is 10.7. The van der Waals surface area contributed by atoms with E-state index >= 15 is 0 Å². The van der Waals surface area contributed by atoms with Crippen LogP contribution in [-0.2, 0) is 11.3 Å². The predicted octanol–water partition coefficient (Wildman–Crippen LogP) is 2.62. The van der Waals surface area contributed by atoms with Gasteiger partial charge in [0.1, 0.15) is 5.76 Å². The van der Waals surface area contributed by atoms with Crippen LogP contribution in [0.25, 0.3) is 6.08 Å². The minimum absolute atomic E-state index is 0.184. The van der Waals surface area contributed by atoms with Crippen molar-refractivity contribution < 1.29 is 19.1 Å². The zero-order chi connectivity index (χ0) is 15.2. The van der Waals surface area contributed by atoms with Gasteiger partial charge in [0.05, 0.1) is 11.8 Å². The van der Waals surface area contributed by atoms with Crippen LogP contribution in [-0.4, -0.2) is 17.0 Å². The monoisotopic (exact) mass is 285 g/mol. The molecule has 0 bridgehead atoms. The van der Waals surface area contributed by atoms with E-state index in [9.17, 15) is 9.59 Å². The molecule has 0 spiro atoms. The lowest BCUT2D eigenvalue weighted by molar-refractivity contribution is -0.131. The maximum atomic E-state index is 11.9. The van der Waals surface area contributed by atoms with E-state index in [-0.39, 0.29) is 5.91 Å². The summed E-state index contributed by atoms with van der Waals surface area (Å²) >= 11 is 0. The first-order chi connectivity index (χ1) is 10.1. The van der Waals surface area contributed by atoms with Crippen molar-refractivity contribution in [2.24, 2.45) is 0 Å². The lowest BCUT2D eigenvalue weighted by atomic mass is 10.1. The Morgan fingerprint density at radius 3 is 2.52 bits per heavy atom. The van der Waals surface area contributed by atoms with Gasteiger partial charge in [0, 0.05) is 12.6 Å². The van der Waals surface area contributed by atoms with E-state index in [1.165, 1.54) is 12.3 Å². The van der Waals surface area contributed by atoms with Crippen molar-refractivity contribution in [2.45, 2.75) is 13.5 Å². The van der Waals surface area contributed by atoms with Gasteiger partial charge in [-0.1, -0.05) is 24.3 Å². The lowest BCUT2D eigenvalue weighted by Gasteiger charge is -2.05. The number of hydrogen-bond acceptors (Lipinski definition) is 3. The number of nitrogens with one attached hydrogen (secondary N) is 1. The van der Waals surface area contributed by atoms with Crippen molar-refractivity contribution in [1.29, 1.82) is 0 Å². The molecule has 5 nitrogen and oxygen atoms in total. The molecule has 0 fully saturated rings. The summed E-state index contributed by atoms with van der Waals surface area (Å²) in [6, 6.07) is 8.90. The van der Waals surface area contributed by atoms with Crippen LogP contribution >= 0.6 is 0 Å². The third-order valence-corrected chi connectivity index (χ3v) is 2.95. The maximum Gasteiger partial charge on any atom is 0.328 e. The Kier molecular flexibility index (Phi) is 4.56. The summed E-state index contributed by atoms with van der Waals surface area (Å²) in [5, 5.41) is 11.3. The van der Waals surface area contributed by atoms with Crippen LogP contribution in [0.2, 0.25) is 0 Å². The number of aryl methyl sites for hydroxylation is 1. The fourth-order valence-electron chi connectivity index (χ4n) is 1.81. The number of furan rings is 1. The summed E-state index contributed by atoms with van der Waals surface area (Å²) in [6.07, 6.45) is 4.08. The van der Waals surface area contributed by atoms with Crippen molar-refractivity contribution in [2.75, 3.05) is 0 Å². The van der Waals surface area contributed by atoms with Crippen molar-refractivity contribution >= 4 is 18.0 Å². The molecule has 21 heavy (non-hydrogen) atoms. The summed E-state index contributed by atoms with van der Waals surface area (Å²) in [5.74, 6) is -0.584. The number of hydrogen-bond donors (Lipinski definition) is 2. The highest BCUT2D eigenvalue weighted by molar-refractivity contribution is 5.95. The van der Waals surface area contributed by atoms with Crippen LogP contribution in [0.1, 0.15) is 27.2 Å². The summed E-state index contributed by atoms with van der Waals surface area (Å²) in [4.78, 5) is 22.3. The zero-order valence-corrected chi connectivity index (χ0v) is 11.5. The van der Waals surface area contributed by atoms with Gasteiger partial charge in [-0.25, -0.2) is 4.79 Å². The SMILES string of the molecule is Cc1occc1C(=O)NCc1ccc(C=CC(=O)O)cc1. The molecule has 2 N–H and O–H groups in total. The fourth-order valence-corrected chi connectivity index (χ4v) is 1.81. The number of carbonyl (C=O) groups excluding carboxylic acids is 1. The van der Waals surface area contributed by atoms with Crippen molar-refractivity contribution in [3.63, 3.8) is 0 Å². The van der Waals surface area contributed by atoms with E-state index in [2.05, 4.69) is 5.32 Å². The molecule has 0 saturated carbocycles. The van der Waals surface area contributed by atoms with Gasteiger partial charge in [-0.2, -0.15) is 0 Å². The maximum absolute atomic E-state index is 11.9. The number of carboxylic acids is 1. The van der Waals surface area contributed by atoms with Gasteiger partial charge >= 0.3 is 5.97 Å². The van der Waals surface area contributed by atoms with E-state index < -0.39 is 5.97 Å². The molecule has 108 valence electrons. The lowest BCUT2D eigenvalue weighted by Crippen LogP contribution is -2.22. The quantitative estimate of drug-likeness (QED) is 0.828. The molecule has 0 radical (unpaired) electrons. The highest BCUT2D eigenvalue weighted by Crippen LogP contribution is 2.10. The van der Waals surface area contributed by atoms with E-state index in [1.807, 2.05) is 12.1 Å². The molecule has 2 aromatic rings. The first-order valence-electron chi connectivity index (χ1n) is 6.38. The second-order valence-electron chi connectivity index (χ2n) is 4.49. The number of rotatable bonds is 5. The van der Waals surface area contributed by atoms with Gasteiger partial charge in [-0.3, -0.25) is 4.79 Å². The highest BCUT2D eigenvalue weighted by atomic mass is 16.4. The third kappa shape index (κ3) is 4.07. The third-order valence-electron chi connectivity index (χ3n) is 2.95. The first kappa shape index (κ1) is 14.6. The molecule has 2 rings (SSSR count). The summed E-state index contributed by atoms with van der Waals surface area (Å²) < 4.78 is 5.08. The Morgan fingerprint density at radius 1 is 1.24 bits per heavy atom. The Hall–Kier alpha value is -2.82. The number of carbonyl (C=O) groups is 2. The molecule has 0 aliphatic heterocycles. The summed E-state index contributed by atoms with van der Waals surface area (Å²) in [6.45, 7) is 2.13. The van der Waals surface area contributed by atoms with Crippen LogP contribution in [0.3, 0.4) is 0 Å². The van der Waals surface area contributed by atoms with Gasteiger partial charge in [0.2, 0.25) is 0 Å². The van der Waals surface area contributed by atoms with Crippen molar-refractivity contribution in [1.82, 2.24) is 5.32 Å². The zero-order valence-electron chi connectivity index (χ0n) is 11.5. The Morgan fingerprint density at radius 2 is 1.95 bits per heavy atom. The molecule has 0 unspecified atom stereocenters. The standard InChI is InChI=1S/C16H15NO4/c1-11-14(8-9-21-11)16(20)17-10-13-4-2-12(3-5-13)6-7-15(18)19/h2-9H,10H2,1H3,(H,17,20)(H,18,19). The highest BCUT2D eigenvalue weighted by Gasteiger charge is 2.10. The average molecular weight is 285 g/mol. The Bertz CT molecular complexity index is 668. The van der Waals surface area contributed by atoms with E-state index in [1.54, 1.807) is 25.1 Å². The van der Waals surface area contributed by atoms with E-state index in [0.717, 1.165) is 17.2 Å². The van der Waals surface area contributed by atoms with Crippen LogP contribution in [0.4, 0.5) is 0 Å². The predicted molar refractivity (Wildman–Crippen MR) is 77.7 cm³/mol. The number of benzene rings is 1. The summed E-state index contributed by atoms with van der Waals surface area (Å²) in [7, 11) is 0. The minimum Gasteiger partial charge on any atom is -0.478 e. The Labute approximate surface area is 121 Å². The van der Waals surface area contributed by atoms with Crippen LogP contribution in [0.15, 0.2) is 47.1 Å². The Balaban J connectivity index is 1.93. The van der Waals surface area contributed by atoms with Crippen LogP contribution < -0.4 is 5.32 Å². The first-order valence-corrected chi connectivity index (χ1v) is 6.38. The molecule has 0 aliphatic carbocycles. The molecule has 0 aliphatic rings. The van der Waals surface area contributed by atoms with Gasteiger partial charge in [-0.15, -0.1) is 0 Å². The van der Waals surface area contributed by atoms with Crippen molar-refractivity contribution in [3.8, 4) is 0 Å². The molecule has 0 atom stereocenters. The molecule has 1 amide bonds. The molecule has 5 heteroatoms. The molecule has 0 saturated heterocycles. The van der Waals surface area contributed by atoms with E-state index in [4.69, 9.17) is 9.52 Å². The van der Waals surface area contributed by atoms with Gasteiger partial charge in [-0.05, 0) is 30.2 Å². The number of carboxylic acid groups (broad SMARTS) is 1. The van der Waals surface area contributed by atoms with E-state index in [0.29, 0.717) is 17.9 Å². The smallest absolute Gasteiger partial charge is 0.328 e. The molecule has 1 aromatic heterocycles. The van der Waals surface area contributed by atoms with Crippen LogP contribution in [0.5, 0.6) is 0 Å². The fraction of sp³-hybridized carbons (Fsp3) is 0.125. The molecular weight excluding hydrogens is 270 g/mol. The van der Waals surface area contributed by atoms with Gasteiger partial charge in [0.25, 0.3) is 5.91 Å². The van der Waals surface area contributed by atoms with Crippen LogP contribution in [0, 0.1) is 6.92 Å². The molecule has 1 aromatic carbocycles. The largest absolute Gasteiger partial charge is 0.478 e.